The van der Waals surface area contributed by atoms with Crippen LogP contribution < -0.4 is 5.32 Å². The summed E-state index contributed by atoms with van der Waals surface area (Å²) in [4.78, 5) is 32.3. The zero-order chi connectivity index (χ0) is 19.1. The third-order valence-electron chi connectivity index (χ3n) is 4.25. The summed E-state index contributed by atoms with van der Waals surface area (Å²) in [5.74, 6) is -0.218. The number of hydrogen-bond donors (Lipinski definition) is 1. The molecule has 0 atom stereocenters. The molecule has 2 aromatic rings. The van der Waals surface area contributed by atoms with E-state index in [2.05, 4.69) is 24.1 Å². The number of aryl methyl sites for hydroxylation is 2. The minimum Gasteiger partial charge on any atom is -0.339 e. The molecule has 140 valence electrons. The van der Waals surface area contributed by atoms with Gasteiger partial charge in [-0.3, -0.25) is 14.9 Å². The van der Waals surface area contributed by atoms with Crippen molar-refractivity contribution in [1.82, 2.24) is 9.88 Å². The monoisotopic (exact) mass is 373 g/mol. The number of amides is 2. The van der Waals surface area contributed by atoms with Crippen LogP contribution in [0.4, 0.5) is 5.13 Å². The lowest BCUT2D eigenvalue weighted by Crippen LogP contribution is -2.30. The van der Waals surface area contributed by atoms with Crippen LogP contribution in [0.5, 0.6) is 0 Å². The second kappa shape index (κ2) is 9.48. The van der Waals surface area contributed by atoms with Crippen molar-refractivity contribution < 1.29 is 9.59 Å². The molecule has 1 aromatic carbocycles. The van der Waals surface area contributed by atoms with Gasteiger partial charge in [0.25, 0.3) is 11.8 Å². The summed E-state index contributed by atoms with van der Waals surface area (Å²) in [6, 6.07) is 6.79. The number of hydrogen-bond acceptors (Lipinski definition) is 4. The smallest absolute Gasteiger partial charge is 0.257 e. The van der Waals surface area contributed by atoms with E-state index >= 15 is 0 Å². The standard InChI is InChI=1S/C20H27N3O2S/c1-5-9-16-17(6-2)26-20(21-16)22-18(24)14-10-12-15(13-11-14)19(25)23(7-3)8-4/h10-13H,5-9H2,1-4H3,(H,21,22,24). The molecule has 0 aliphatic rings. The summed E-state index contributed by atoms with van der Waals surface area (Å²) in [6.45, 7) is 9.47. The van der Waals surface area contributed by atoms with Crippen LogP contribution in [0.15, 0.2) is 24.3 Å². The highest BCUT2D eigenvalue weighted by Gasteiger charge is 2.15. The first kappa shape index (κ1) is 20.1. The van der Waals surface area contributed by atoms with Crippen molar-refractivity contribution in [3.8, 4) is 0 Å². The molecule has 2 amide bonds. The molecule has 0 spiro atoms. The molecule has 0 aliphatic heterocycles. The van der Waals surface area contributed by atoms with Gasteiger partial charge in [0.15, 0.2) is 5.13 Å². The lowest BCUT2D eigenvalue weighted by atomic mass is 10.1. The molecule has 26 heavy (non-hydrogen) atoms. The van der Waals surface area contributed by atoms with E-state index in [0.717, 1.165) is 25.0 Å². The van der Waals surface area contributed by atoms with Gasteiger partial charge in [-0.15, -0.1) is 11.3 Å². The van der Waals surface area contributed by atoms with Crippen LogP contribution in [-0.2, 0) is 12.8 Å². The van der Waals surface area contributed by atoms with Gasteiger partial charge in [0.05, 0.1) is 5.69 Å². The van der Waals surface area contributed by atoms with Gasteiger partial charge in [0.1, 0.15) is 0 Å². The van der Waals surface area contributed by atoms with E-state index in [1.165, 1.54) is 16.2 Å². The molecule has 0 saturated carbocycles. The summed E-state index contributed by atoms with van der Waals surface area (Å²) in [5.41, 5.74) is 2.19. The van der Waals surface area contributed by atoms with Gasteiger partial charge < -0.3 is 4.90 Å². The number of carbonyl (C=O) groups is 2. The Bertz CT molecular complexity index is 749. The summed E-state index contributed by atoms with van der Waals surface area (Å²) in [5, 5.41) is 3.52. The maximum Gasteiger partial charge on any atom is 0.257 e. The Morgan fingerprint density at radius 1 is 1.04 bits per heavy atom. The van der Waals surface area contributed by atoms with Crippen molar-refractivity contribution in [2.75, 3.05) is 18.4 Å². The number of aromatic nitrogens is 1. The molecule has 1 aromatic heterocycles. The first-order chi connectivity index (χ1) is 12.5. The highest BCUT2D eigenvalue weighted by atomic mass is 32.1. The SMILES string of the molecule is CCCc1nc(NC(=O)c2ccc(C(=O)N(CC)CC)cc2)sc1CC. The van der Waals surface area contributed by atoms with Crippen LogP contribution in [0.3, 0.4) is 0 Å². The largest absolute Gasteiger partial charge is 0.339 e. The van der Waals surface area contributed by atoms with Crippen molar-refractivity contribution in [3.63, 3.8) is 0 Å². The van der Waals surface area contributed by atoms with Crippen molar-refractivity contribution in [1.29, 1.82) is 0 Å². The van der Waals surface area contributed by atoms with E-state index in [1.807, 2.05) is 13.8 Å². The van der Waals surface area contributed by atoms with Crippen LogP contribution in [0.25, 0.3) is 0 Å². The third-order valence-corrected chi connectivity index (χ3v) is 5.41. The quantitative estimate of drug-likeness (QED) is 0.746. The molecule has 0 aliphatic carbocycles. The summed E-state index contributed by atoms with van der Waals surface area (Å²) >= 11 is 1.54. The molecule has 2 rings (SSSR count). The number of anilines is 1. The zero-order valence-electron chi connectivity index (χ0n) is 16.0. The average Bonchev–Trinajstić information content (AvgIpc) is 3.04. The topological polar surface area (TPSA) is 62.3 Å². The van der Waals surface area contributed by atoms with Gasteiger partial charge in [0, 0.05) is 29.1 Å². The highest BCUT2D eigenvalue weighted by molar-refractivity contribution is 7.15. The summed E-state index contributed by atoms with van der Waals surface area (Å²) in [6.07, 6.45) is 2.88. The van der Waals surface area contributed by atoms with Gasteiger partial charge in [-0.2, -0.15) is 0 Å². The first-order valence-electron chi connectivity index (χ1n) is 9.23. The zero-order valence-corrected chi connectivity index (χ0v) is 16.8. The Kier molecular flexibility index (Phi) is 7.33. The van der Waals surface area contributed by atoms with Crippen LogP contribution in [0.2, 0.25) is 0 Å². The van der Waals surface area contributed by atoms with Gasteiger partial charge in [-0.1, -0.05) is 20.3 Å². The van der Waals surface area contributed by atoms with Crippen molar-refractivity contribution >= 4 is 28.3 Å². The van der Waals surface area contributed by atoms with Crippen LogP contribution in [-0.4, -0.2) is 34.8 Å². The Labute approximate surface area is 159 Å². The molecule has 0 saturated heterocycles. The number of rotatable bonds is 8. The van der Waals surface area contributed by atoms with Crippen LogP contribution in [0.1, 0.15) is 65.4 Å². The lowest BCUT2D eigenvalue weighted by molar-refractivity contribution is 0.0772. The normalized spacial score (nSPS) is 10.6. The van der Waals surface area contributed by atoms with Gasteiger partial charge in [-0.25, -0.2) is 4.98 Å². The maximum atomic E-state index is 12.5. The van der Waals surface area contributed by atoms with Crippen molar-refractivity contribution in [2.45, 2.75) is 47.0 Å². The number of carbonyl (C=O) groups excluding carboxylic acids is 2. The fourth-order valence-electron chi connectivity index (χ4n) is 2.77. The Balaban J connectivity index is 2.09. The van der Waals surface area contributed by atoms with Gasteiger partial charge in [-0.05, 0) is 51.0 Å². The van der Waals surface area contributed by atoms with Gasteiger partial charge >= 0.3 is 0 Å². The molecule has 6 heteroatoms. The Morgan fingerprint density at radius 3 is 2.19 bits per heavy atom. The minimum atomic E-state index is -0.203. The Hall–Kier alpha value is -2.21. The van der Waals surface area contributed by atoms with E-state index in [0.29, 0.717) is 29.3 Å². The number of nitrogens with one attached hydrogen (secondary N) is 1. The highest BCUT2D eigenvalue weighted by Crippen LogP contribution is 2.25. The van der Waals surface area contributed by atoms with E-state index < -0.39 is 0 Å². The third kappa shape index (κ3) is 4.69. The predicted molar refractivity (Wildman–Crippen MR) is 107 cm³/mol. The van der Waals surface area contributed by atoms with Crippen molar-refractivity contribution in [3.05, 3.63) is 46.0 Å². The van der Waals surface area contributed by atoms with E-state index in [9.17, 15) is 9.59 Å². The first-order valence-corrected chi connectivity index (χ1v) is 10.0. The summed E-state index contributed by atoms with van der Waals surface area (Å²) < 4.78 is 0. The maximum absolute atomic E-state index is 12.5. The fraction of sp³-hybridized carbons (Fsp3) is 0.450. The second-order valence-corrected chi connectivity index (χ2v) is 7.08. The van der Waals surface area contributed by atoms with Crippen LogP contribution in [0, 0.1) is 0 Å². The van der Waals surface area contributed by atoms with Crippen LogP contribution >= 0.6 is 11.3 Å². The second-order valence-electron chi connectivity index (χ2n) is 6.00. The molecular formula is C20H27N3O2S. The van der Waals surface area contributed by atoms with E-state index in [4.69, 9.17) is 0 Å². The van der Waals surface area contributed by atoms with Gasteiger partial charge in [0.2, 0.25) is 0 Å². The minimum absolute atomic E-state index is 0.0151. The Morgan fingerprint density at radius 2 is 1.65 bits per heavy atom. The molecule has 1 N–H and O–H groups in total. The molecule has 0 unspecified atom stereocenters. The molecule has 0 radical (unpaired) electrons. The van der Waals surface area contributed by atoms with E-state index in [1.54, 1.807) is 29.2 Å². The fourth-order valence-corrected chi connectivity index (χ4v) is 3.71. The van der Waals surface area contributed by atoms with Crippen molar-refractivity contribution in [2.24, 2.45) is 0 Å². The summed E-state index contributed by atoms with van der Waals surface area (Å²) in [7, 11) is 0. The average molecular weight is 374 g/mol. The molecule has 0 bridgehead atoms. The predicted octanol–water partition coefficient (Wildman–Crippen LogP) is 4.39. The number of nitrogens with zero attached hydrogens (tertiary/aromatic N) is 2. The molecule has 0 fully saturated rings. The lowest BCUT2D eigenvalue weighted by Gasteiger charge is -2.18. The number of thiazole rings is 1. The molecule has 1 heterocycles. The molecule has 5 nitrogen and oxygen atoms in total. The molecular weight excluding hydrogens is 346 g/mol. The van der Waals surface area contributed by atoms with E-state index in [-0.39, 0.29) is 11.8 Å². The number of benzene rings is 1.